The molecule has 0 bridgehead atoms. The molecule has 0 spiro atoms. The molecule has 0 aliphatic rings. The van der Waals surface area contributed by atoms with Crippen LogP contribution in [0, 0.1) is 5.82 Å². The third-order valence-corrected chi connectivity index (χ3v) is 3.38. The summed E-state index contributed by atoms with van der Waals surface area (Å²) in [6, 6.07) is 12.1. The van der Waals surface area contributed by atoms with E-state index in [2.05, 4.69) is 5.32 Å². The lowest BCUT2D eigenvalue weighted by atomic mass is 9.97. The summed E-state index contributed by atoms with van der Waals surface area (Å²) in [6.07, 6.45) is 0. The van der Waals surface area contributed by atoms with Gasteiger partial charge >= 0.3 is 0 Å². The Kier molecular flexibility index (Phi) is 5.17. The van der Waals surface area contributed by atoms with E-state index in [1.165, 1.54) is 6.07 Å². The van der Waals surface area contributed by atoms with Crippen LogP contribution in [0.15, 0.2) is 42.5 Å². The lowest BCUT2D eigenvalue weighted by Gasteiger charge is -2.22. The average Bonchev–Trinajstić information content (AvgIpc) is 2.53. The Balaban J connectivity index is 2.50. The van der Waals surface area contributed by atoms with Crippen molar-refractivity contribution in [3.8, 4) is 11.5 Å². The molecule has 0 amide bonds. The minimum Gasteiger partial charge on any atom is -0.497 e. The van der Waals surface area contributed by atoms with Crippen molar-refractivity contribution in [3.05, 3.63) is 59.4 Å². The maximum atomic E-state index is 14.1. The molecule has 21 heavy (non-hydrogen) atoms. The fourth-order valence-electron chi connectivity index (χ4n) is 2.36. The summed E-state index contributed by atoms with van der Waals surface area (Å²) >= 11 is 0. The van der Waals surface area contributed by atoms with Gasteiger partial charge < -0.3 is 14.8 Å². The van der Waals surface area contributed by atoms with Gasteiger partial charge in [-0.3, -0.25) is 0 Å². The van der Waals surface area contributed by atoms with Crippen LogP contribution >= 0.6 is 0 Å². The van der Waals surface area contributed by atoms with Crippen LogP contribution in [-0.4, -0.2) is 20.8 Å². The number of rotatable bonds is 6. The van der Waals surface area contributed by atoms with Gasteiger partial charge in [-0.25, -0.2) is 4.39 Å². The van der Waals surface area contributed by atoms with Gasteiger partial charge in [0.15, 0.2) is 0 Å². The normalized spacial score (nSPS) is 12.0. The number of benzene rings is 2. The van der Waals surface area contributed by atoms with E-state index < -0.39 is 0 Å². The van der Waals surface area contributed by atoms with E-state index in [9.17, 15) is 4.39 Å². The number of hydrogen-bond acceptors (Lipinski definition) is 3. The Labute approximate surface area is 124 Å². The maximum absolute atomic E-state index is 14.1. The smallest absolute Gasteiger partial charge is 0.128 e. The molecule has 0 radical (unpaired) electrons. The first-order valence-corrected chi connectivity index (χ1v) is 6.91. The molecule has 1 atom stereocenters. The van der Waals surface area contributed by atoms with Crippen LogP contribution in [0.1, 0.15) is 24.1 Å². The SMILES string of the molecule is CCNC(c1ccccc1F)c1ccc(OC)cc1OC. The highest BCUT2D eigenvalue weighted by molar-refractivity contribution is 5.46. The topological polar surface area (TPSA) is 30.5 Å². The van der Waals surface area contributed by atoms with Crippen LogP contribution in [0.5, 0.6) is 11.5 Å². The van der Waals surface area contributed by atoms with Gasteiger partial charge in [0.2, 0.25) is 0 Å². The van der Waals surface area contributed by atoms with Crippen LogP contribution in [0.2, 0.25) is 0 Å². The second-order valence-corrected chi connectivity index (χ2v) is 4.62. The molecule has 1 unspecified atom stereocenters. The molecule has 0 aromatic heterocycles. The van der Waals surface area contributed by atoms with Crippen LogP contribution in [0.25, 0.3) is 0 Å². The monoisotopic (exact) mass is 289 g/mol. The van der Waals surface area contributed by atoms with Crippen LogP contribution < -0.4 is 14.8 Å². The van der Waals surface area contributed by atoms with E-state index in [1.54, 1.807) is 32.4 Å². The molecule has 2 aromatic rings. The zero-order valence-corrected chi connectivity index (χ0v) is 12.5. The number of hydrogen-bond donors (Lipinski definition) is 1. The van der Waals surface area contributed by atoms with Gasteiger partial charge in [0.05, 0.1) is 20.3 Å². The predicted molar refractivity (Wildman–Crippen MR) is 81.5 cm³/mol. The number of ether oxygens (including phenoxy) is 2. The van der Waals surface area contributed by atoms with Crippen molar-refractivity contribution in [1.82, 2.24) is 5.32 Å². The lowest BCUT2D eigenvalue weighted by Crippen LogP contribution is -2.23. The second kappa shape index (κ2) is 7.09. The van der Waals surface area contributed by atoms with Crippen molar-refractivity contribution in [2.45, 2.75) is 13.0 Å². The van der Waals surface area contributed by atoms with Gasteiger partial charge in [0.1, 0.15) is 17.3 Å². The van der Waals surface area contributed by atoms with E-state index in [-0.39, 0.29) is 11.9 Å². The summed E-state index contributed by atoms with van der Waals surface area (Å²) in [7, 11) is 3.20. The molecule has 0 fully saturated rings. The van der Waals surface area contributed by atoms with Crippen molar-refractivity contribution in [2.24, 2.45) is 0 Å². The number of halogens is 1. The van der Waals surface area contributed by atoms with Gasteiger partial charge in [0.25, 0.3) is 0 Å². The van der Waals surface area contributed by atoms with Gasteiger partial charge in [0, 0.05) is 17.2 Å². The van der Waals surface area contributed by atoms with Gasteiger partial charge in [-0.1, -0.05) is 25.1 Å². The van der Waals surface area contributed by atoms with E-state index in [0.29, 0.717) is 23.6 Å². The summed E-state index contributed by atoms with van der Waals surface area (Å²) in [5.41, 5.74) is 1.48. The second-order valence-electron chi connectivity index (χ2n) is 4.62. The van der Waals surface area contributed by atoms with Crippen molar-refractivity contribution in [1.29, 1.82) is 0 Å². The Morgan fingerprint density at radius 2 is 1.81 bits per heavy atom. The first kappa shape index (κ1) is 15.3. The van der Waals surface area contributed by atoms with Crippen molar-refractivity contribution in [3.63, 3.8) is 0 Å². The van der Waals surface area contributed by atoms with Crippen molar-refractivity contribution in [2.75, 3.05) is 20.8 Å². The molecule has 0 heterocycles. The Morgan fingerprint density at radius 1 is 1.05 bits per heavy atom. The molecular weight excluding hydrogens is 269 g/mol. The van der Waals surface area contributed by atoms with Gasteiger partial charge in [-0.05, 0) is 24.7 Å². The quantitative estimate of drug-likeness (QED) is 0.882. The molecular formula is C17H20FNO2. The molecule has 112 valence electrons. The third-order valence-electron chi connectivity index (χ3n) is 3.38. The Hall–Kier alpha value is -2.07. The minimum atomic E-state index is -0.267. The number of nitrogens with one attached hydrogen (secondary N) is 1. The largest absolute Gasteiger partial charge is 0.497 e. The first-order chi connectivity index (χ1) is 10.2. The highest BCUT2D eigenvalue weighted by atomic mass is 19.1. The standard InChI is InChI=1S/C17H20FNO2/c1-4-19-17(13-7-5-6-8-15(13)18)14-10-9-12(20-2)11-16(14)21-3/h5-11,17,19H,4H2,1-3H3. The number of methoxy groups -OCH3 is 2. The van der Waals surface area contributed by atoms with E-state index >= 15 is 0 Å². The van der Waals surface area contributed by atoms with Crippen molar-refractivity contribution >= 4 is 0 Å². The molecule has 0 aliphatic carbocycles. The zero-order chi connectivity index (χ0) is 15.2. The molecule has 1 N–H and O–H groups in total. The summed E-state index contributed by atoms with van der Waals surface area (Å²) in [4.78, 5) is 0. The molecule has 0 saturated carbocycles. The van der Waals surface area contributed by atoms with Gasteiger partial charge in [-0.2, -0.15) is 0 Å². The molecule has 2 rings (SSSR count). The summed E-state index contributed by atoms with van der Waals surface area (Å²) in [5, 5.41) is 3.31. The molecule has 3 nitrogen and oxygen atoms in total. The Morgan fingerprint density at radius 3 is 2.43 bits per heavy atom. The summed E-state index contributed by atoms with van der Waals surface area (Å²) in [6.45, 7) is 2.71. The summed E-state index contributed by atoms with van der Waals surface area (Å²) < 4.78 is 24.8. The van der Waals surface area contributed by atoms with Crippen LogP contribution in [0.3, 0.4) is 0 Å². The summed E-state index contributed by atoms with van der Waals surface area (Å²) in [5.74, 6) is 1.14. The zero-order valence-electron chi connectivity index (χ0n) is 12.5. The molecule has 4 heteroatoms. The van der Waals surface area contributed by atoms with Gasteiger partial charge in [-0.15, -0.1) is 0 Å². The highest BCUT2D eigenvalue weighted by Crippen LogP contribution is 2.33. The maximum Gasteiger partial charge on any atom is 0.128 e. The van der Waals surface area contributed by atoms with E-state index in [4.69, 9.17) is 9.47 Å². The fourth-order valence-corrected chi connectivity index (χ4v) is 2.36. The average molecular weight is 289 g/mol. The van der Waals surface area contributed by atoms with Crippen LogP contribution in [0.4, 0.5) is 4.39 Å². The van der Waals surface area contributed by atoms with Crippen LogP contribution in [-0.2, 0) is 0 Å². The Bertz CT molecular complexity index is 601. The fraction of sp³-hybridized carbons (Fsp3) is 0.294. The molecule has 0 saturated heterocycles. The molecule has 0 aliphatic heterocycles. The van der Waals surface area contributed by atoms with E-state index in [1.807, 2.05) is 25.1 Å². The highest BCUT2D eigenvalue weighted by Gasteiger charge is 2.20. The lowest BCUT2D eigenvalue weighted by molar-refractivity contribution is 0.387. The first-order valence-electron chi connectivity index (χ1n) is 6.91. The van der Waals surface area contributed by atoms with Crippen molar-refractivity contribution < 1.29 is 13.9 Å². The van der Waals surface area contributed by atoms with E-state index in [0.717, 1.165) is 5.56 Å². The third kappa shape index (κ3) is 3.34. The molecule has 2 aromatic carbocycles. The minimum absolute atomic E-state index is 0.235. The predicted octanol–water partition coefficient (Wildman–Crippen LogP) is 3.54.